The van der Waals surface area contributed by atoms with Crippen LogP contribution in [0.15, 0.2) is 103 Å². The molecule has 52 heavy (non-hydrogen) atoms. The molecule has 0 bridgehead atoms. The van der Waals surface area contributed by atoms with E-state index in [4.69, 9.17) is 0 Å². The minimum absolute atomic E-state index is 0.0157. The van der Waals surface area contributed by atoms with Gasteiger partial charge < -0.3 is 20.3 Å². The zero-order valence-electron chi connectivity index (χ0n) is 31.6. The van der Waals surface area contributed by atoms with E-state index in [9.17, 15) is 22.8 Å². The Labute approximate surface area is 315 Å². The van der Waals surface area contributed by atoms with Crippen LogP contribution < -0.4 is 10.6 Å². The van der Waals surface area contributed by atoms with Crippen molar-refractivity contribution in [1.29, 1.82) is 0 Å². The van der Waals surface area contributed by atoms with Gasteiger partial charge in [-0.1, -0.05) is 98.9 Å². The molecule has 1 aromatic carbocycles. The summed E-state index contributed by atoms with van der Waals surface area (Å²) >= 11 is 1.67. The first kappa shape index (κ1) is 46.4. The minimum Gasteiger partial charge on any atom is -0.381 e. The van der Waals surface area contributed by atoms with Crippen molar-refractivity contribution < 1.29 is 27.5 Å². The number of hydrogen-bond donors (Lipinski definition) is 2. The van der Waals surface area contributed by atoms with Gasteiger partial charge in [0.25, 0.3) is 0 Å². The number of nitrogens with one attached hydrogen (secondary N) is 2. The third-order valence-electron chi connectivity index (χ3n) is 8.51. The summed E-state index contributed by atoms with van der Waals surface area (Å²) in [5.74, 6) is -0.538. The Kier molecular flexibility index (Phi) is 24.2. The summed E-state index contributed by atoms with van der Waals surface area (Å²) in [7, 11) is 1.64. The van der Waals surface area contributed by atoms with Crippen LogP contribution in [0, 0.1) is 0 Å². The Morgan fingerprint density at radius 1 is 1.08 bits per heavy atom. The summed E-state index contributed by atoms with van der Waals surface area (Å²) in [6, 6.07) is 7.65. The Bertz CT molecular complexity index is 1380. The number of fused-ring (bicyclic) bond motifs is 2. The van der Waals surface area contributed by atoms with Crippen LogP contribution >= 0.6 is 11.8 Å². The minimum atomic E-state index is -4.47. The highest BCUT2D eigenvalue weighted by Gasteiger charge is 2.50. The number of alkyl halides is 3. The van der Waals surface area contributed by atoms with Crippen LogP contribution in [0.5, 0.6) is 0 Å². The number of thioether (sulfide) groups is 1. The molecule has 1 atom stereocenters. The molecule has 10 heteroatoms. The molecule has 2 aliphatic carbocycles. The van der Waals surface area contributed by atoms with E-state index in [1.807, 2.05) is 79.3 Å². The van der Waals surface area contributed by atoms with Crippen molar-refractivity contribution >= 4 is 29.1 Å². The van der Waals surface area contributed by atoms with E-state index in [0.717, 1.165) is 67.6 Å². The van der Waals surface area contributed by atoms with E-state index in [1.165, 1.54) is 0 Å². The molecular weight excluding hydrogens is 684 g/mol. The molecule has 2 aliphatic rings. The number of benzene rings is 1. The van der Waals surface area contributed by atoms with Crippen LogP contribution in [0.1, 0.15) is 76.3 Å². The Balaban J connectivity index is 0.00000107. The number of unbranched alkanes of at least 4 members (excludes halogenated alkanes) is 1. The van der Waals surface area contributed by atoms with Crippen molar-refractivity contribution in [2.24, 2.45) is 0 Å². The molecule has 0 radical (unpaired) electrons. The fourth-order valence-corrected chi connectivity index (χ4v) is 6.38. The molecule has 0 heterocycles. The highest BCUT2D eigenvalue weighted by molar-refractivity contribution is 8.01. The van der Waals surface area contributed by atoms with Gasteiger partial charge in [0, 0.05) is 20.1 Å². The number of halogens is 3. The van der Waals surface area contributed by atoms with Gasteiger partial charge in [-0.05, 0) is 99.0 Å². The molecule has 1 unspecified atom stereocenters. The second kappa shape index (κ2) is 27.1. The fourth-order valence-electron chi connectivity index (χ4n) is 6.11. The van der Waals surface area contributed by atoms with Gasteiger partial charge in [-0.2, -0.15) is 13.2 Å². The second-order valence-electron chi connectivity index (χ2n) is 12.2. The topological polar surface area (TPSA) is 70.7 Å². The molecule has 3 rings (SSSR count). The van der Waals surface area contributed by atoms with Gasteiger partial charge in [0.05, 0.1) is 12.0 Å². The lowest BCUT2D eigenvalue weighted by Gasteiger charge is -2.34. The number of nitrogens with zero attached hydrogens (tertiary/aromatic N) is 1. The SMILES string of the molecule is C/C=C\C/C=C\CC(=O)NCCCN(CC)CCCCC1(C(=O)NCC(F)(F)F)C2=C(C=CCC2)c2ccccc21.C=C/C=C/SC.C=CCOC. The van der Waals surface area contributed by atoms with E-state index >= 15 is 0 Å². The number of allylic oxidation sites excluding steroid dienone is 8. The van der Waals surface area contributed by atoms with Crippen molar-refractivity contribution in [3.05, 3.63) is 114 Å². The number of methoxy groups -OCH3 is 1. The molecule has 6 nitrogen and oxygen atoms in total. The number of ether oxygens (including phenoxy) is 1. The summed E-state index contributed by atoms with van der Waals surface area (Å²) < 4.78 is 43.8. The van der Waals surface area contributed by atoms with Crippen molar-refractivity contribution in [2.75, 3.05) is 52.7 Å². The number of amides is 2. The van der Waals surface area contributed by atoms with Crippen molar-refractivity contribution in [3.8, 4) is 0 Å². The Morgan fingerprint density at radius 2 is 1.83 bits per heavy atom. The zero-order chi connectivity index (χ0) is 38.7. The summed E-state index contributed by atoms with van der Waals surface area (Å²) in [5, 5.41) is 7.17. The van der Waals surface area contributed by atoms with Crippen LogP contribution in [0.3, 0.4) is 0 Å². The van der Waals surface area contributed by atoms with Crippen molar-refractivity contribution in [3.63, 3.8) is 0 Å². The average Bonchev–Trinajstić information content (AvgIpc) is 3.43. The van der Waals surface area contributed by atoms with Crippen molar-refractivity contribution in [1.82, 2.24) is 15.5 Å². The monoisotopic (exact) mass is 743 g/mol. The highest BCUT2D eigenvalue weighted by atomic mass is 32.2. The highest BCUT2D eigenvalue weighted by Crippen LogP contribution is 2.53. The van der Waals surface area contributed by atoms with Crippen LogP contribution in [0.25, 0.3) is 5.57 Å². The predicted octanol–water partition coefficient (Wildman–Crippen LogP) is 9.50. The second-order valence-corrected chi connectivity index (χ2v) is 12.9. The van der Waals surface area contributed by atoms with E-state index in [1.54, 1.807) is 31.0 Å². The molecule has 2 N–H and O–H groups in total. The first-order chi connectivity index (χ1) is 25.1. The van der Waals surface area contributed by atoms with E-state index in [-0.39, 0.29) is 5.91 Å². The van der Waals surface area contributed by atoms with Gasteiger partial charge in [-0.3, -0.25) is 9.59 Å². The normalized spacial score (nSPS) is 16.3. The number of carbonyl (C=O) groups excluding carboxylic acids is 2. The molecular formula is C42H60F3N3O3S. The maximum absolute atomic E-state index is 13.6. The lowest BCUT2D eigenvalue weighted by molar-refractivity contribution is -0.141. The first-order valence-electron chi connectivity index (χ1n) is 18.1. The maximum atomic E-state index is 13.6. The first-order valence-corrected chi connectivity index (χ1v) is 19.3. The molecule has 0 saturated carbocycles. The lowest BCUT2D eigenvalue weighted by atomic mass is 9.70. The van der Waals surface area contributed by atoms with Gasteiger partial charge in [0.1, 0.15) is 6.54 Å². The van der Waals surface area contributed by atoms with E-state index < -0.39 is 24.0 Å². The van der Waals surface area contributed by atoms with Crippen LogP contribution in [-0.2, 0) is 19.7 Å². The summed E-state index contributed by atoms with van der Waals surface area (Å²) in [4.78, 5) is 28.0. The van der Waals surface area contributed by atoms with Gasteiger partial charge in [-0.15, -0.1) is 18.3 Å². The van der Waals surface area contributed by atoms with Gasteiger partial charge in [0.2, 0.25) is 11.8 Å². The largest absolute Gasteiger partial charge is 0.405 e. The fraction of sp³-hybridized carbons (Fsp3) is 0.476. The zero-order valence-corrected chi connectivity index (χ0v) is 32.4. The summed E-state index contributed by atoms with van der Waals surface area (Å²) in [6.45, 7) is 13.4. The standard InChI is InChI=1S/C33H44F3N3O2.C5H8S.C4H8O/c1-3-5-6-7-8-20-30(40)37-22-15-24-39(4-2)23-14-13-21-32(31(41)38-25-33(34,35)36)28-18-11-9-16-26(28)27-17-10-12-19-29(27)32;1-3-4-5-6-2;1-3-4-5-2/h3,5,7-11,16-18H,4,6,12-15,19-25H2,1-2H3,(H,37,40)(H,38,41);3-5H,1H2,2H3;3H,1,4H2,2H3/b5-3-,8-7-;5-4+;. The third kappa shape index (κ3) is 16.8. The molecule has 2 amide bonds. The summed E-state index contributed by atoms with van der Waals surface area (Å²) in [5.41, 5.74) is 2.62. The van der Waals surface area contributed by atoms with E-state index in [0.29, 0.717) is 38.8 Å². The molecule has 0 saturated heterocycles. The Morgan fingerprint density at radius 3 is 2.44 bits per heavy atom. The molecule has 1 aromatic rings. The van der Waals surface area contributed by atoms with Gasteiger partial charge >= 0.3 is 6.18 Å². The van der Waals surface area contributed by atoms with Crippen LogP contribution in [-0.4, -0.2) is 75.6 Å². The van der Waals surface area contributed by atoms with E-state index in [2.05, 4.69) is 46.4 Å². The molecule has 0 fully saturated rings. The summed E-state index contributed by atoms with van der Waals surface area (Å²) in [6.07, 6.45) is 20.4. The number of carbonyl (C=O) groups is 2. The van der Waals surface area contributed by atoms with Crippen LogP contribution in [0.2, 0.25) is 0 Å². The quantitative estimate of drug-likeness (QED) is 0.0792. The Hall–Kier alpha value is -3.60. The number of hydrogen-bond acceptors (Lipinski definition) is 5. The van der Waals surface area contributed by atoms with Crippen molar-refractivity contribution in [2.45, 2.75) is 76.8 Å². The predicted molar refractivity (Wildman–Crippen MR) is 214 cm³/mol. The molecule has 0 spiro atoms. The average molecular weight is 744 g/mol. The number of rotatable bonds is 20. The third-order valence-corrected chi connectivity index (χ3v) is 8.94. The maximum Gasteiger partial charge on any atom is 0.405 e. The van der Waals surface area contributed by atoms with Gasteiger partial charge in [-0.25, -0.2) is 0 Å². The van der Waals surface area contributed by atoms with Gasteiger partial charge in [0.15, 0.2) is 0 Å². The lowest BCUT2D eigenvalue weighted by Crippen LogP contribution is -2.47. The smallest absolute Gasteiger partial charge is 0.381 e. The molecule has 0 aromatic heterocycles. The molecule has 288 valence electrons. The molecule has 0 aliphatic heterocycles. The van der Waals surface area contributed by atoms with Crippen LogP contribution in [0.4, 0.5) is 13.2 Å².